The Morgan fingerprint density at radius 1 is 0.952 bits per heavy atom. The third-order valence-corrected chi connectivity index (χ3v) is 5.54. The molecule has 2 fully saturated rings. The first-order chi connectivity index (χ1) is 10.2. The number of hydrogen-bond donors (Lipinski definition) is 1. The van der Waals surface area contributed by atoms with E-state index < -0.39 is 0 Å². The second-order valence-electron chi connectivity index (χ2n) is 7.85. The summed E-state index contributed by atoms with van der Waals surface area (Å²) in [4.78, 5) is 2.87. The van der Waals surface area contributed by atoms with Gasteiger partial charge in [-0.2, -0.15) is 0 Å². The van der Waals surface area contributed by atoms with Gasteiger partial charge in [-0.3, -0.25) is 4.90 Å². The van der Waals surface area contributed by atoms with E-state index in [1.807, 2.05) is 0 Å². The van der Waals surface area contributed by atoms with Crippen molar-refractivity contribution in [2.24, 2.45) is 11.8 Å². The van der Waals surface area contributed by atoms with Gasteiger partial charge in [-0.1, -0.05) is 52.9 Å². The van der Waals surface area contributed by atoms with Crippen molar-refractivity contribution < 1.29 is 0 Å². The summed E-state index contributed by atoms with van der Waals surface area (Å²) in [5.41, 5.74) is 0. The van der Waals surface area contributed by atoms with Crippen molar-refractivity contribution in [2.45, 2.75) is 90.6 Å². The Kier molecular flexibility index (Phi) is 7.53. The van der Waals surface area contributed by atoms with E-state index in [2.05, 4.69) is 31.0 Å². The molecule has 0 heterocycles. The molecule has 124 valence electrons. The maximum atomic E-state index is 3.80. The van der Waals surface area contributed by atoms with Gasteiger partial charge in [-0.25, -0.2) is 0 Å². The molecule has 2 rings (SSSR count). The molecule has 2 aliphatic carbocycles. The number of rotatable bonds is 7. The molecule has 2 unspecified atom stereocenters. The standard InChI is InChI=1S/C19H38N2/c1-4-20-19-13-7-5-6-10-17(19)15-21(14-16(2)3)18-11-8-9-12-18/h16-20H,4-15H2,1-3H3. The molecule has 2 heteroatoms. The molecule has 2 aliphatic rings. The monoisotopic (exact) mass is 294 g/mol. The topological polar surface area (TPSA) is 15.3 Å². The molecule has 0 aromatic rings. The number of nitrogens with one attached hydrogen (secondary N) is 1. The predicted octanol–water partition coefficient (Wildman–Crippen LogP) is 4.45. The van der Waals surface area contributed by atoms with Gasteiger partial charge in [0.2, 0.25) is 0 Å². The number of nitrogens with zero attached hydrogens (tertiary/aromatic N) is 1. The van der Waals surface area contributed by atoms with E-state index in [-0.39, 0.29) is 0 Å². The smallest absolute Gasteiger partial charge is 0.0107 e. The van der Waals surface area contributed by atoms with Crippen LogP contribution in [0.2, 0.25) is 0 Å². The molecule has 2 saturated carbocycles. The molecule has 0 aliphatic heterocycles. The number of hydrogen-bond acceptors (Lipinski definition) is 2. The summed E-state index contributed by atoms with van der Waals surface area (Å²) in [7, 11) is 0. The van der Waals surface area contributed by atoms with Crippen LogP contribution in [-0.4, -0.2) is 36.6 Å². The molecular weight excluding hydrogens is 256 g/mol. The molecule has 2 atom stereocenters. The van der Waals surface area contributed by atoms with Gasteiger partial charge in [0, 0.05) is 25.2 Å². The van der Waals surface area contributed by atoms with Crippen LogP contribution in [0.15, 0.2) is 0 Å². The molecule has 0 radical (unpaired) electrons. The molecule has 0 aromatic heterocycles. The largest absolute Gasteiger partial charge is 0.314 e. The summed E-state index contributed by atoms with van der Waals surface area (Å²) in [6.07, 6.45) is 13.0. The second-order valence-corrected chi connectivity index (χ2v) is 7.85. The Labute approximate surface area is 133 Å². The lowest BCUT2D eigenvalue weighted by Crippen LogP contribution is -2.45. The fraction of sp³-hybridized carbons (Fsp3) is 1.00. The summed E-state index contributed by atoms with van der Waals surface area (Å²) < 4.78 is 0. The van der Waals surface area contributed by atoms with Gasteiger partial charge >= 0.3 is 0 Å². The predicted molar refractivity (Wildman–Crippen MR) is 92.7 cm³/mol. The van der Waals surface area contributed by atoms with Crippen LogP contribution in [0.5, 0.6) is 0 Å². The lowest BCUT2D eigenvalue weighted by atomic mass is 9.93. The molecule has 0 spiro atoms. The highest BCUT2D eigenvalue weighted by Gasteiger charge is 2.29. The minimum atomic E-state index is 0.772. The Balaban J connectivity index is 1.97. The lowest BCUT2D eigenvalue weighted by molar-refractivity contribution is 0.131. The van der Waals surface area contributed by atoms with E-state index in [0.29, 0.717) is 0 Å². The SMILES string of the molecule is CCNC1CCCCCC1CN(CC(C)C)C1CCCC1. The Morgan fingerprint density at radius 2 is 1.62 bits per heavy atom. The molecule has 2 nitrogen and oxygen atoms in total. The highest BCUT2D eigenvalue weighted by atomic mass is 15.2. The van der Waals surface area contributed by atoms with E-state index in [1.54, 1.807) is 0 Å². The van der Waals surface area contributed by atoms with Crippen LogP contribution in [0, 0.1) is 11.8 Å². The normalized spacial score (nSPS) is 28.4. The molecular formula is C19H38N2. The first-order valence-corrected chi connectivity index (χ1v) is 9.68. The maximum absolute atomic E-state index is 3.80. The minimum absolute atomic E-state index is 0.772. The van der Waals surface area contributed by atoms with Crippen molar-refractivity contribution in [3.05, 3.63) is 0 Å². The summed E-state index contributed by atoms with van der Waals surface area (Å²) in [5.74, 6) is 1.68. The summed E-state index contributed by atoms with van der Waals surface area (Å²) in [5, 5.41) is 3.80. The second kappa shape index (κ2) is 9.15. The van der Waals surface area contributed by atoms with Crippen LogP contribution in [-0.2, 0) is 0 Å². The fourth-order valence-corrected chi connectivity index (χ4v) is 4.55. The van der Waals surface area contributed by atoms with Crippen LogP contribution in [0.1, 0.15) is 78.6 Å². The van der Waals surface area contributed by atoms with Gasteiger partial charge in [0.15, 0.2) is 0 Å². The van der Waals surface area contributed by atoms with Crippen molar-refractivity contribution in [2.75, 3.05) is 19.6 Å². The van der Waals surface area contributed by atoms with E-state index in [4.69, 9.17) is 0 Å². The van der Waals surface area contributed by atoms with Gasteiger partial charge in [-0.15, -0.1) is 0 Å². The van der Waals surface area contributed by atoms with E-state index in [1.165, 1.54) is 70.9 Å². The first kappa shape index (κ1) is 17.3. The molecule has 1 N–H and O–H groups in total. The van der Waals surface area contributed by atoms with E-state index in [9.17, 15) is 0 Å². The van der Waals surface area contributed by atoms with Crippen molar-refractivity contribution in [3.63, 3.8) is 0 Å². The van der Waals surface area contributed by atoms with Crippen LogP contribution < -0.4 is 5.32 Å². The van der Waals surface area contributed by atoms with Crippen molar-refractivity contribution in [3.8, 4) is 0 Å². The zero-order valence-corrected chi connectivity index (χ0v) is 14.7. The van der Waals surface area contributed by atoms with Crippen LogP contribution in [0.3, 0.4) is 0 Å². The van der Waals surface area contributed by atoms with Gasteiger partial charge in [0.05, 0.1) is 0 Å². The van der Waals surface area contributed by atoms with Gasteiger partial charge < -0.3 is 5.32 Å². The Hall–Kier alpha value is -0.0800. The summed E-state index contributed by atoms with van der Waals surface area (Å²) in [6, 6.07) is 1.66. The zero-order valence-electron chi connectivity index (χ0n) is 14.7. The van der Waals surface area contributed by atoms with Gasteiger partial charge in [0.1, 0.15) is 0 Å². The van der Waals surface area contributed by atoms with Gasteiger partial charge in [-0.05, 0) is 44.1 Å². The molecule has 0 bridgehead atoms. The van der Waals surface area contributed by atoms with Crippen molar-refractivity contribution in [1.82, 2.24) is 10.2 Å². The molecule has 0 aromatic carbocycles. The van der Waals surface area contributed by atoms with Crippen LogP contribution in [0.4, 0.5) is 0 Å². The highest BCUT2D eigenvalue weighted by molar-refractivity contribution is 4.85. The molecule has 0 saturated heterocycles. The quantitative estimate of drug-likeness (QED) is 0.698. The van der Waals surface area contributed by atoms with Crippen LogP contribution in [0.25, 0.3) is 0 Å². The minimum Gasteiger partial charge on any atom is -0.314 e. The third kappa shape index (κ3) is 5.56. The highest BCUT2D eigenvalue weighted by Crippen LogP contribution is 2.29. The third-order valence-electron chi connectivity index (χ3n) is 5.54. The van der Waals surface area contributed by atoms with Crippen LogP contribution >= 0.6 is 0 Å². The maximum Gasteiger partial charge on any atom is 0.0107 e. The zero-order chi connectivity index (χ0) is 15.1. The van der Waals surface area contributed by atoms with Crippen molar-refractivity contribution in [1.29, 1.82) is 0 Å². The first-order valence-electron chi connectivity index (χ1n) is 9.68. The van der Waals surface area contributed by atoms with E-state index >= 15 is 0 Å². The molecule has 21 heavy (non-hydrogen) atoms. The lowest BCUT2D eigenvalue weighted by Gasteiger charge is -2.36. The average Bonchev–Trinajstić information content (AvgIpc) is 2.89. The molecule has 0 amide bonds. The average molecular weight is 295 g/mol. The van der Waals surface area contributed by atoms with Gasteiger partial charge in [0.25, 0.3) is 0 Å². The summed E-state index contributed by atoms with van der Waals surface area (Å²) >= 11 is 0. The van der Waals surface area contributed by atoms with E-state index in [0.717, 1.165) is 30.5 Å². The van der Waals surface area contributed by atoms with Crippen molar-refractivity contribution >= 4 is 0 Å². The Bertz CT molecular complexity index is 271. The fourth-order valence-electron chi connectivity index (χ4n) is 4.55. The Morgan fingerprint density at radius 3 is 2.29 bits per heavy atom. The summed E-state index contributed by atoms with van der Waals surface area (Å²) in [6.45, 7) is 10.8.